The maximum absolute atomic E-state index is 12.5. The topological polar surface area (TPSA) is 262 Å². The number of aromatic amines is 1. The molecule has 3 unspecified atom stereocenters. The molecule has 0 aromatic carbocycles. The van der Waals surface area contributed by atoms with Crippen LogP contribution in [-0.2, 0) is 36.3 Å². The first-order valence-electron chi connectivity index (χ1n) is 10.5. The Morgan fingerprint density at radius 3 is 2.55 bits per heavy atom. The Bertz CT molecular complexity index is 1390. The van der Waals surface area contributed by atoms with Gasteiger partial charge in [0.05, 0.1) is 19.3 Å². The molecule has 226 valence electrons. The molecule has 0 bridgehead atoms. The van der Waals surface area contributed by atoms with E-state index in [4.69, 9.17) is 19.3 Å². The summed E-state index contributed by atoms with van der Waals surface area (Å²) >= 11 is 1.50. The number of nitrogens with one attached hydrogen (secondary N) is 2. The quantitative estimate of drug-likeness (QED) is 0.0314. The molecule has 0 saturated carbocycles. The van der Waals surface area contributed by atoms with Gasteiger partial charge in [-0.15, -0.1) is 0 Å². The molecule has 24 heteroatoms. The molecule has 0 aliphatic carbocycles. The van der Waals surface area contributed by atoms with Crippen LogP contribution in [0.5, 0.6) is 0 Å². The van der Waals surface area contributed by atoms with Crippen LogP contribution in [0.3, 0.4) is 0 Å². The second-order valence-corrected chi connectivity index (χ2v) is 15.6. The molecule has 0 radical (unpaired) electrons. The minimum atomic E-state index is -5.73. The van der Waals surface area contributed by atoms with Crippen molar-refractivity contribution in [3.05, 3.63) is 32.6 Å². The van der Waals surface area contributed by atoms with E-state index in [2.05, 4.69) is 35.3 Å². The molecule has 2 heterocycles. The van der Waals surface area contributed by atoms with Crippen LogP contribution < -0.4 is 16.6 Å². The van der Waals surface area contributed by atoms with Crippen LogP contribution in [0.4, 0.5) is 4.79 Å². The minimum absolute atomic E-state index is 0.0343. The molecule has 6 N–H and O–H groups in total. The molecular weight excluding hydrogens is 758 g/mol. The van der Waals surface area contributed by atoms with Gasteiger partial charge in [-0.2, -0.15) is 8.62 Å². The summed E-state index contributed by atoms with van der Waals surface area (Å²) in [6, 6.07) is 0. The number of nitrogens with zero attached hydrogens (tertiary/aromatic N) is 1. The average Bonchev–Trinajstić information content (AvgIpc) is 3.16. The molecule has 0 spiro atoms. The van der Waals surface area contributed by atoms with Crippen LogP contribution in [0.1, 0.15) is 25.1 Å². The highest BCUT2D eigenvalue weighted by Crippen LogP contribution is 2.66. The predicted molar refractivity (Wildman–Crippen MR) is 149 cm³/mol. The number of amides is 1. The molecule has 1 aliphatic heterocycles. The van der Waals surface area contributed by atoms with Crippen molar-refractivity contribution >= 4 is 71.6 Å². The molecule has 1 amide bonds. The zero-order valence-corrected chi connectivity index (χ0v) is 26.7. The lowest BCUT2D eigenvalue weighted by molar-refractivity contribution is -0.0633. The summed E-state index contributed by atoms with van der Waals surface area (Å²) < 4.78 is 58.9. The number of aromatic nitrogens is 2. The molecular formula is C16H23IN3O15P3S2. The van der Waals surface area contributed by atoms with E-state index in [1.54, 1.807) is 13.2 Å². The third-order valence-corrected chi connectivity index (χ3v) is 10.6. The summed E-state index contributed by atoms with van der Waals surface area (Å²) in [5.41, 5.74) is -2.25. The maximum Gasteiger partial charge on any atom is 0.490 e. The number of phosphoric acid groups is 3. The average molecular weight is 781 g/mol. The van der Waals surface area contributed by atoms with E-state index in [0.717, 1.165) is 10.8 Å². The molecule has 1 aromatic rings. The lowest BCUT2D eigenvalue weighted by Gasteiger charge is -2.23. The summed E-state index contributed by atoms with van der Waals surface area (Å²) in [4.78, 5) is 74.1. The first-order chi connectivity index (χ1) is 18.4. The van der Waals surface area contributed by atoms with Crippen LogP contribution in [-0.4, -0.2) is 70.1 Å². The van der Waals surface area contributed by atoms with Crippen LogP contribution in [0, 0.1) is 11.8 Å². The number of hydrogen-bond donors (Lipinski definition) is 6. The fourth-order valence-corrected chi connectivity index (χ4v) is 7.71. The molecule has 40 heavy (non-hydrogen) atoms. The third kappa shape index (κ3) is 12.4. The molecule has 2 rings (SSSR count). The minimum Gasteiger partial charge on any atom is -0.361 e. The van der Waals surface area contributed by atoms with Crippen molar-refractivity contribution in [2.45, 2.75) is 37.2 Å². The Hall–Kier alpha value is -0.530. The number of carbonyl (C=O) groups is 1. The van der Waals surface area contributed by atoms with Gasteiger partial charge < -0.3 is 34.4 Å². The van der Waals surface area contributed by atoms with E-state index < -0.39 is 65.2 Å². The van der Waals surface area contributed by atoms with Gasteiger partial charge in [0, 0.05) is 35.2 Å². The predicted octanol–water partition coefficient (Wildman–Crippen LogP) is 1.41. The first-order valence-corrected chi connectivity index (χ1v) is 18.7. The van der Waals surface area contributed by atoms with Crippen LogP contribution in [0.25, 0.3) is 0 Å². The second-order valence-electron chi connectivity index (χ2n) is 7.40. The third-order valence-electron chi connectivity index (χ3n) is 4.41. The van der Waals surface area contributed by atoms with E-state index in [1.807, 2.05) is 0 Å². The standard InChI is InChI=1S/C16H23IN3O15P3S2/c1-9(40-39-2)32-11-6-13(20-7-10(14(21)19-16(20)23)4-3-5-18-15(17)22)33-12(11)8-31-37(27,28)35-38(29,30)34-36(24,25)26/h7,9,11-13H,5-6,8H2,1-2H3,(H,18,22)(H,27,28)(H,29,30)(H,19,21,23)(H2,24,25,26)/t9-,11?,12+,13+/m0/s1. The Balaban J connectivity index is 2.26. The van der Waals surface area contributed by atoms with Gasteiger partial charge >= 0.3 is 29.2 Å². The van der Waals surface area contributed by atoms with Gasteiger partial charge in [0.25, 0.3) is 9.47 Å². The van der Waals surface area contributed by atoms with Crippen molar-refractivity contribution < 1.29 is 60.7 Å². The van der Waals surface area contributed by atoms with Crippen LogP contribution >= 0.6 is 67.6 Å². The second kappa shape index (κ2) is 15.3. The molecule has 1 saturated heterocycles. The number of phosphoric ester groups is 1. The summed E-state index contributed by atoms with van der Waals surface area (Å²) in [5, 5.41) is 2.41. The van der Waals surface area contributed by atoms with Gasteiger partial charge in [-0.25, -0.2) is 18.5 Å². The number of ether oxygens (including phenoxy) is 2. The van der Waals surface area contributed by atoms with Crippen molar-refractivity contribution in [1.82, 2.24) is 14.9 Å². The van der Waals surface area contributed by atoms with Crippen molar-refractivity contribution in [3.63, 3.8) is 0 Å². The lowest BCUT2D eigenvalue weighted by atomic mass is 10.2. The highest BCUT2D eigenvalue weighted by atomic mass is 127. The summed E-state index contributed by atoms with van der Waals surface area (Å²) in [7, 11) is -14.1. The first kappa shape index (κ1) is 35.7. The van der Waals surface area contributed by atoms with Gasteiger partial charge in [-0.05, 0) is 13.2 Å². The number of carbonyl (C=O) groups excluding carboxylic acids is 1. The van der Waals surface area contributed by atoms with Gasteiger partial charge in [-0.1, -0.05) is 33.4 Å². The number of halogens is 1. The van der Waals surface area contributed by atoms with Crippen molar-refractivity contribution in [2.75, 3.05) is 19.4 Å². The van der Waals surface area contributed by atoms with Crippen LogP contribution in [0.2, 0.25) is 0 Å². The zero-order valence-electron chi connectivity index (χ0n) is 20.3. The Labute approximate surface area is 247 Å². The van der Waals surface area contributed by atoms with Gasteiger partial charge in [0.15, 0.2) is 0 Å². The van der Waals surface area contributed by atoms with E-state index in [1.165, 1.54) is 44.2 Å². The Morgan fingerprint density at radius 1 is 1.27 bits per heavy atom. The number of H-pyrrole nitrogens is 1. The smallest absolute Gasteiger partial charge is 0.361 e. The number of hydrogen-bond acceptors (Lipinski definition) is 13. The largest absolute Gasteiger partial charge is 0.490 e. The van der Waals surface area contributed by atoms with Crippen molar-refractivity contribution in [2.24, 2.45) is 0 Å². The van der Waals surface area contributed by atoms with Gasteiger partial charge in [-0.3, -0.25) is 23.7 Å². The zero-order chi connectivity index (χ0) is 30.3. The van der Waals surface area contributed by atoms with Gasteiger partial charge in [0.2, 0.25) is 0 Å². The monoisotopic (exact) mass is 781 g/mol. The fraction of sp³-hybridized carbons (Fsp3) is 0.562. The summed E-state index contributed by atoms with van der Waals surface area (Å²) in [5.74, 6) is 5.07. The van der Waals surface area contributed by atoms with Gasteiger partial charge in [0.1, 0.15) is 23.3 Å². The summed E-state index contributed by atoms with van der Waals surface area (Å²) in [6.45, 7) is 0.814. The van der Waals surface area contributed by atoms with E-state index in [9.17, 15) is 37.9 Å². The summed E-state index contributed by atoms with van der Waals surface area (Å²) in [6.07, 6.45) is -0.310. The Kier molecular flexibility index (Phi) is 13.6. The maximum atomic E-state index is 12.5. The normalized spacial score (nSPS) is 22.9. The van der Waals surface area contributed by atoms with Crippen LogP contribution in [0.15, 0.2) is 15.8 Å². The van der Waals surface area contributed by atoms with Crippen molar-refractivity contribution in [3.8, 4) is 11.8 Å². The molecule has 1 aliphatic rings. The van der Waals surface area contributed by atoms with E-state index in [0.29, 0.717) is 0 Å². The molecule has 1 fully saturated rings. The SMILES string of the molecule is CSS[C@@H](C)OC1C[C@H](n2cc(C#CCNC(=O)I)c(=O)[nH]c2=O)O[C@@H]1COP(=O)(O)OP(=O)(O)OP(=O)(O)O. The van der Waals surface area contributed by atoms with E-state index in [-0.39, 0.29) is 22.4 Å². The highest BCUT2D eigenvalue weighted by Gasteiger charge is 2.44. The fourth-order valence-electron chi connectivity index (χ4n) is 3.08. The molecule has 1 aromatic heterocycles. The molecule has 18 nitrogen and oxygen atoms in total. The Morgan fingerprint density at radius 2 is 1.95 bits per heavy atom. The number of rotatable bonds is 13. The highest BCUT2D eigenvalue weighted by molar-refractivity contribution is 14.1. The lowest BCUT2D eigenvalue weighted by Crippen LogP contribution is -2.33. The van der Waals surface area contributed by atoms with E-state index >= 15 is 0 Å². The van der Waals surface area contributed by atoms with Crippen molar-refractivity contribution in [1.29, 1.82) is 0 Å². The molecule has 6 atom stereocenters.